The first-order valence-corrected chi connectivity index (χ1v) is 8.51. The Kier molecular flexibility index (Phi) is 4.68. The molecule has 0 bridgehead atoms. The molecule has 1 aliphatic heterocycles. The van der Waals surface area contributed by atoms with E-state index in [0.29, 0.717) is 29.6 Å². The lowest BCUT2D eigenvalue weighted by molar-refractivity contribution is -0.141. The second-order valence-electron chi connectivity index (χ2n) is 5.31. The minimum absolute atomic E-state index is 0.262. The Hall–Kier alpha value is -1.14. The number of carbonyl (C=O) groups is 1. The molecular formula is C15H14Cl2N2O2S. The smallest absolute Gasteiger partial charge is 0.307 e. The normalized spacial score (nSPS) is 18.7. The van der Waals surface area contributed by atoms with E-state index in [0.717, 1.165) is 22.8 Å². The third kappa shape index (κ3) is 3.43. The molecule has 1 N–H and O–H groups in total. The molecule has 2 aromatic rings. The van der Waals surface area contributed by atoms with Crippen molar-refractivity contribution >= 4 is 40.5 Å². The lowest BCUT2D eigenvalue weighted by Crippen LogP contribution is -2.22. The van der Waals surface area contributed by atoms with Gasteiger partial charge in [0.2, 0.25) is 0 Å². The maximum Gasteiger partial charge on any atom is 0.307 e. The number of nitrogens with zero attached hydrogens (tertiary/aromatic N) is 2. The molecule has 0 spiro atoms. The van der Waals surface area contributed by atoms with Crippen molar-refractivity contribution in [2.24, 2.45) is 5.92 Å². The Bertz CT molecular complexity index is 705. The van der Waals surface area contributed by atoms with Crippen LogP contribution in [0, 0.1) is 5.92 Å². The highest BCUT2D eigenvalue weighted by Gasteiger charge is 2.28. The monoisotopic (exact) mass is 356 g/mol. The lowest BCUT2D eigenvalue weighted by Gasteiger charge is -2.12. The summed E-state index contributed by atoms with van der Waals surface area (Å²) in [7, 11) is 0. The van der Waals surface area contributed by atoms with Gasteiger partial charge in [-0.3, -0.25) is 9.69 Å². The SMILES string of the molecule is O=C(O)C1CCN(Cc2nc(-c3cc(Cl)ccc3Cl)cs2)C1. The summed E-state index contributed by atoms with van der Waals surface area (Å²) < 4.78 is 0. The summed E-state index contributed by atoms with van der Waals surface area (Å²) in [5.41, 5.74) is 1.63. The van der Waals surface area contributed by atoms with Crippen molar-refractivity contribution < 1.29 is 9.90 Å². The van der Waals surface area contributed by atoms with Crippen LogP contribution in [0.1, 0.15) is 11.4 Å². The van der Waals surface area contributed by atoms with Crippen LogP contribution in [0.4, 0.5) is 0 Å². The first-order valence-electron chi connectivity index (χ1n) is 6.88. The van der Waals surface area contributed by atoms with Gasteiger partial charge in [-0.15, -0.1) is 11.3 Å². The van der Waals surface area contributed by atoms with Crippen LogP contribution in [0.15, 0.2) is 23.6 Å². The van der Waals surface area contributed by atoms with Gasteiger partial charge in [0.15, 0.2) is 0 Å². The van der Waals surface area contributed by atoms with E-state index in [2.05, 4.69) is 9.88 Å². The molecule has 1 aliphatic rings. The molecule has 1 atom stereocenters. The Morgan fingerprint density at radius 3 is 3.00 bits per heavy atom. The summed E-state index contributed by atoms with van der Waals surface area (Å²) in [6.45, 7) is 2.05. The summed E-state index contributed by atoms with van der Waals surface area (Å²) in [6, 6.07) is 5.31. The number of likely N-dealkylation sites (tertiary alicyclic amines) is 1. The Morgan fingerprint density at radius 1 is 1.45 bits per heavy atom. The lowest BCUT2D eigenvalue weighted by atomic mass is 10.1. The molecule has 3 rings (SSSR count). The van der Waals surface area contributed by atoms with Gasteiger partial charge in [0.25, 0.3) is 0 Å². The van der Waals surface area contributed by atoms with Crippen LogP contribution in [0.25, 0.3) is 11.3 Å². The fourth-order valence-electron chi connectivity index (χ4n) is 2.57. The number of rotatable bonds is 4. The zero-order valence-corrected chi connectivity index (χ0v) is 14.0. The molecule has 1 unspecified atom stereocenters. The number of carboxylic acid groups (broad SMARTS) is 1. The average molecular weight is 357 g/mol. The third-order valence-electron chi connectivity index (χ3n) is 3.74. The van der Waals surface area contributed by atoms with E-state index < -0.39 is 5.97 Å². The standard InChI is InChI=1S/C15H14Cl2N2O2S/c16-10-1-2-12(17)11(5-10)13-8-22-14(18-13)7-19-4-3-9(6-19)15(20)21/h1-2,5,8-9H,3-4,6-7H2,(H,20,21). The second kappa shape index (κ2) is 6.54. The number of aromatic nitrogens is 1. The first kappa shape index (κ1) is 15.7. The van der Waals surface area contributed by atoms with Gasteiger partial charge in [-0.1, -0.05) is 23.2 Å². The molecule has 22 heavy (non-hydrogen) atoms. The van der Waals surface area contributed by atoms with Crippen molar-refractivity contribution in [3.63, 3.8) is 0 Å². The molecule has 116 valence electrons. The maximum absolute atomic E-state index is 11.0. The number of benzene rings is 1. The Balaban J connectivity index is 1.72. The Morgan fingerprint density at radius 2 is 2.27 bits per heavy atom. The van der Waals surface area contributed by atoms with Crippen LogP contribution in [-0.4, -0.2) is 34.0 Å². The number of carboxylic acids is 1. The van der Waals surface area contributed by atoms with Crippen molar-refractivity contribution in [1.29, 1.82) is 0 Å². The third-order valence-corrected chi connectivity index (χ3v) is 5.13. The largest absolute Gasteiger partial charge is 0.481 e. The fourth-order valence-corrected chi connectivity index (χ4v) is 3.79. The molecule has 0 saturated carbocycles. The van der Waals surface area contributed by atoms with Crippen molar-refractivity contribution in [3.05, 3.63) is 38.6 Å². The van der Waals surface area contributed by atoms with Gasteiger partial charge in [-0.2, -0.15) is 0 Å². The minimum Gasteiger partial charge on any atom is -0.481 e. The number of halogens is 2. The summed E-state index contributed by atoms with van der Waals surface area (Å²) >= 11 is 13.8. The molecule has 0 aliphatic carbocycles. The van der Waals surface area contributed by atoms with Crippen molar-refractivity contribution in [2.45, 2.75) is 13.0 Å². The van der Waals surface area contributed by atoms with E-state index in [1.54, 1.807) is 29.5 Å². The molecule has 1 saturated heterocycles. The van der Waals surface area contributed by atoms with E-state index in [9.17, 15) is 4.79 Å². The summed E-state index contributed by atoms with van der Waals surface area (Å²) in [5.74, 6) is -0.977. The molecule has 7 heteroatoms. The van der Waals surface area contributed by atoms with Gasteiger partial charge in [0, 0.05) is 22.5 Å². The van der Waals surface area contributed by atoms with E-state index in [1.807, 2.05) is 5.38 Å². The minimum atomic E-state index is -0.715. The molecular weight excluding hydrogens is 343 g/mol. The average Bonchev–Trinajstić information content (AvgIpc) is 3.11. The predicted molar refractivity (Wildman–Crippen MR) is 88.6 cm³/mol. The van der Waals surface area contributed by atoms with Crippen molar-refractivity contribution in [1.82, 2.24) is 9.88 Å². The number of thiazole rings is 1. The Labute approximate surface area is 142 Å². The van der Waals surface area contributed by atoms with Crippen LogP contribution in [0.3, 0.4) is 0 Å². The first-order chi connectivity index (χ1) is 10.5. The number of hydrogen-bond donors (Lipinski definition) is 1. The summed E-state index contributed by atoms with van der Waals surface area (Å²) in [5, 5.41) is 13.2. The zero-order valence-electron chi connectivity index (χ0n) is 11.6. The quantitative estimate of drug-likeness (QED) is 0.898. The predicted octanol–water partition coefficient (Wildman–Crippen LogP) is 4.02. The maximum atomic E-state index is 11.0. The molecule has 1 aromatic carbocycles. The van der Waals surface area contributed by atoms with Crippen LogP contribution in [0.5, 0.6) is 0 Å². The van der Waals surface area contributed by atoms with Gasteiger partial charge in [0.05, 0.1) is 23.2 Å². The molecule has 0 radical (unpaired) electrons. The molecule has 4 nitrogen and oxygen atoms in total. The molecule has 2 heterocycles. The van der Waals surface area contributed by atoms with Gasteiger partial charge in [-0.05, 0) is 31.2 Å². The van der Waals surface area contributed by atoms with Gasteiger partial charge >= 0.3 is 5.97 Å². The van der Waals surface area contributed by atoms with Gasteiger partial charge < -0.3 is 5.11 Å². The van der Waals surface area contributed by atoms with E-state index in [-0.39, 0.29) is 5.92 Å². The van der Waals surface area contributed by atoms with Gasteiger partial charge in [-0.25, -0.2) is 4.98 Å². The van der Waals surface area contributed by atoms with Gasteiger partial charge in [0.1, 0.15) is 5.01 Å². The van der Waals surface area contributed by atoms with E-state index in [4.69, 9.17) is 28.3 Å². The zero-order chi connectivity index (χ0) is 15.7. The fraction of sp³-hybridized carbons (Fsp3) is 0.333. The highest BCUT2D eigenvalue weighted by Crippen LogP contribution is 2.32. The summed E-state index contributed by atoms with van der Waals surface area (Å²) in [6.07, 6.45) is 0.702. The molecule has 1 fully saturated rings. The highest BCUT2D eigenvalue weighted by atomic mass is 35.5. The second-order valence-corrected chi connectivity index (χ2v) is 7.10. The van der Waals surface area contributed by atoms with Crippen LogP contribution < -0.4 is 0 Å². The van der Waals surface area contributed by atoms with Crippen molar-refractivity contribution in [3.8, 4) is 11.3 Å². The topological polar surface area (TPSA) is 53.4 Å². The summed E-state index contributed by atoms with van der Waals surface area (Å²) in [4.78, 5) is 17.7. The highest BCUT2D eigenvalue weighted by molar-refractivity contribution is 7.09. The van der Waals surface area contributed by atoms with E-state index in [1.165, 1.54) is 0 Å². The van der Waals surface area contributed by atoms with Crippen LogP contribution >= 0.6 is 34.5 Å². The number of hydrogen-bond acceptors (Lipinski definition) is 4. The molecule has 0 amide bonds. The van der Waals surface area contributed by atoms with E-state index >= 15 is 0 Å². The molecule has 1 aromatic heterocycles. The van der Waals surface area contributed by atoms with Crippen LogP contribution in [-0.2, 0) is 11.3 Å². The van der Waals surface area contributed by atoms with Crippen molar-refractivity contribution in [2.75, 3.05) is 13.1 Å². The van der Waals surface area contributed by atoms with Crippen LogP contribution in [0.2, 0.25) is 10.0 Å². The number of aliphatic carboxylic acids is 1.